The Morgan fingerprint density at radius 1 is 0.404 bits per heavy atom. The highest BCUT2D eigenvalue weighted by Crippen LogP contribution is 2.59. The molecule has 0 aromatic heterocycles. The Hall–Kier alpha value is -4.88. The molecule has 1 nitrogen and oxygen atoms in total. The second kappa shape index (κ2) is 12.8. The molecule has 0 saturated carbocycles. The largest absolute Gasteiger partial charge is 0.310 e. The van der Waals surface area contributed by atoms with Crippen LogP contribution in [-0.2, 0) is 27.1 Å². The fourth-order valence-corrected chi connectivity index (χ4v) is 11.1. The van der Waals surface area contributed by atoms with Crippen LogP contribution in [0.4, 0.5) is 17.1 Å². The summed E-state index contributed by atoms with van der Waals surface area (Å²) in [5, 5.41) is 0. The zero-order valence-corrected chi connectivity index (χ0v) is 36.3. The zero-order chi connectivity index (χ0) is 40.3. The van der Waals surface area contributed by atoms with E-state index in [4.69, 9.17) is 0 Å². The van der Waals surface area contributed by atoms with Crippen LogP contribution in [-0.4, -0.2) is 0 Å². The first-order valence-corrected chi connectivity index (χ1v) is 21.5. The monoisotopic (exact) mass is 747 g/mol. The molecule has 6 aromatic carbocycles. The summed E-state index contributed by atoms with van der Waals surface area (Å²) in [4.78, 5) is 2.67. The number of hydrogen-bond donors (Lipinski definition) is 0. The van der Waals surface area contributed by atoms with E-state index in [0.29, 0.717) is 0 Å². The third-order valence-electron chi connectivity index (χ3n) is 14.7. The van der Waals surface area contributed by atoms with Crippen molar-refractivity contribution in [2.24, 2.45) is 0 Å². The normalized spacial score (nSPS) is 18.9. The molecule has 0 radical (unpaired) electrons. The van der Waals surface area contributed by atoms with Gasteiger partial charge in [0.15, 0.2) is 0 Å². The van der Waals surface area contributed by atoms with Crippen molar-refractivity contribution in [1.82, 2.24) is 0 Å². The molecule has 0 spiro atoms. The van der Waals surface area contributed by atoms with Gasteiger partial charge in [-0.25, -0.2) is 0 Å². The van der Waals surface area contributed by atoms with Gasteiger partial charge in [-0.05, 0) is 151 Å². The van der Waals surface area contributed by atoms with Crippen LogP contribution in [0.15, 0.2) is 121 Å². The molecule has 6 aromatic rings. The standard InChI is InChI=1S/C56H61N/c1-36-24-29-45-51(55(8,9)33-31-53(45,4)5)49(36)42-34-41-40-20-15-16-21-43(40)56(10,11)46(41)35-48(42)57(39-27-25-38(26-28-39)37-18-13-12-14-19-37)47-23-17-22-44-50(47)54(6,7)32-30-52(44,2)3/h12-29,34-35H,30-33H2,1-11H3. The van der Waals surface area contributed by atoms with Gasteiger partial charge in [-0.3, -0.25) is 0 Å². The van der Waals surface area contributed by atoms with Gasteiger partial charge >= 0.3 is 0 Å². The van der Waals surface area contributed by atoms with Crippen LogP contribution in [0.3, 0.4) is 0 Å². The molecule has 290 valence electrons. The molecule has 1 heteroatoms. The number of hydrogen-bond acceptors (Lipinski definition) is 1. The lowest BCUT2D eigenvalue weighted by Crippen LogP contribution is -2.35. The van der Waals surface area contributed by atoms with E-state index in [1.165, 1.54) is 109 Å². The number of fused-ring (bicyclic) bond motifs is 5. The Labute approximate surface area is 343 Å². The van der Waals surface area contributed by atoms with Gasteiger partial charge in [0.25, 0.3) is 0 Å². The van der Waals surface area contributed by atoms with E-state index < -0.39 is 0 Å². The molecule has 0 fully saturated rings. The molecule has 57 heavy (non-hydrogen) atoms. The van der Waals surface area contributed by atoms with Crippen LogP contribution >= 0.6 is 0 Å². The second-order valence-electron chi connectivity index (χ2n) is 20.7. The highest BCUT2D eigenvalue weighted by Gasteiger charge is 2.44. The summed E-state index contributed by atoms with van der Waals surface area (Å²) in [7, 11) is 0. The van der Waals surface area contributed by atoms with Crippen molar-refractivity contribution in [1.29, 1.82) is 0 Å². The van der Waals surface area contributed by atoms with Crippen LogP contribution in [0, 0.1) is 6.92 Å². The van der Waals surface area contributed by atoms with Crippen molar-refractivity contribution in [2.45, 2.75) is 129 Å². The fraction of sp³-hybridized carbons (Fsp3) is 0.357. The molecular formula is C56H61N. The van der Waals surface area contributed by atoms with Crippen molar-refractivity contribution in [3.05, 3.63) is 160 Å². The van der Waals surface area contributed by atoms with E-state index in [1.807, 2.05) is 0 Å². The van der Waals surface area contributed by atoms with E-state index in [9.17, 15) is 0 Å². The predicted molar refractivity (Wildman–Crippen MR) is 245 cm³/mol. The maximum Gasteiger partial charge on any atom is 0.0543 e. The summed E-state index contributed by atoms with van der Waals surface area (Å²) >= 11 is 0. The molecule has 0 atom stereocenters. The van der Waals surface area contributed by atoms with Crippen LogP contribution in [0.2, 0.25) is 0 Å². The zero-order valence-electron chi connectivity index (χ0n) is 36.3. The topological polar surface area (TPSA) is 3.24 Å². The molecule has 0 heterocycles. The minimum atomic E-state index is -0.147. The van der Waals surface area contributed by atoms with Gasteiger partial charge in [0.05, 0.1) is 11.4 Å². The Bertz CT molecular complexity index is 2540. The molecule has 0 unspecified atom stereocenters. The van der Waals surface area contributed by atoms with Crippen molar-refractivity contribution in [3.8, 4) is 33.4 Å². The summed E-state index contributed by atoms with van der Waals surface area (Å²) < 4.78 is 0. The maximum atomic E-state index is 2.67. The van der Waals surface area contributed by atoms with Crippen molar-refractivity contribution in [2.75, 3.05) is 4.90 Å². The van der Waals surface area contributed by atoms with Gasteiger partial charge in [-0.15, -0.1) is 0 Å². The van der Waals surface area contributed by atoms with Gasteiger partial charge in [0, 0.05) is 16.7 Å². The summed E-state index contributed by atoms with van der Waals surface area (Å²) in [6.45, 7) is 27.0. The molecule has 9 rings (SSSR count). The number of aryl methyl sites for hydroxylation is 1. The van der Waals surface area contributed by atoms with Gasteiger partial charge < -0.3 is 4.90 Å². The first-order valence-electron chi connectivity index (χ1n) is 21.5. The van der Waals surface area contributed by atoms with Crippen LogP contribution in [0.25, 0.3) is 33.4 Å². The lowest BCUT2D eigenvalue weighted by atomic mass is 9.61. The highest BCUT2D eigenvalue weighted by atomic mass is 15.1. The molecule has 0 amide bonds. The molecule has 0 bridgehead atoms. The van der Waals surface area contributed by atoms with Gasteiger partial charge in [-0.2, -0.15) is 0 Å². The number of rotatable bonds is 5. The quantitative estimate of drug-likeness (QED) is 0.170. The summed E-state index contributed by atoms with van der Waals surface area (Å²) in [5.74, 6) is 0. The third-order valence-corrected chi connectivity index (χ3v) is 14.7. The number of nitrogens with zero attached hydrogens (tertiary/aromatic N) is 1. The number of benzene rings is 6. The third kappa shape index (κ3) is 5.86. The Morgan fingerprint density at radius 2 is 0.965 bits per heavy atom. The minimum Gasteiger partial charge on any atom is -0.310 e. The van der Waals surface area contributed by atoms with Crippen molar-refractivity contribution < 1.29 is 0 Å². The Kier molecular flexibility index (Phi) is 8.47. The average molecular weight is 748 g/mol. The molecular weight excluding hydrogens is 687 g/mol. The lowest BCUT2D eigenvalue weighted by molar-refractivity contribution is 0.332. The van der Waals surface area contributed by atoms with Gasteiger partial charge in [0.2, 0.25) is 0 Å². The van der Waals surface area contributed by atoms with Gasteiger partial charge in [-0.1, -0.05) is 160 Å². The van der Waals surface area contributed by atoms with Crippen molar-refractivity contribution in [3.63, 3.8) is 0 Å². The van der Waals surface area contributed by atoms with Crippen LogP contribution in [0.1, 0.15) is 134 Å². The highest BCUT2D eigenvalue weighted by molar-refractivity contribution is 5.97. The first kappa shape index (κ1) is 37.7. The van der Waals surface area contributed by atoms with Gasteiger partial charge in [0.1, 0.15) is 0 Å². The summed E-state index contributed by atoms with van der Waals surface area (Å²) in [6.07, 6.45) is 4.69. The molecule has 0 saturated heterocycles. The van der Waals surface area contributed by atoms with E-state index in [0.717, 1.165) is 6.42 Å². The fourth-order valence-electron chi connectivity index (χ4n) is 11.1. The van der Waals surface area contributed by atoms with E-state index in [1.54, 1.807) is 0 Å². The first-order chi connectivity index (χ1) is 26.9. The lowest BCUT2D eigenvalue weighted by Gasteiger charge is -2.45. The maximum absolute atomic E-state index is 2.67. The average Bonchev–Trinajstić information content (AvgIpc) is 3.41. The van der Waals surface area contributed by atoms with Crippen LogP contribution < -0.4 is 4.90 Å². The minimum absolute atomic E-state index is 0.00389. The van der Waals surface area contributed by atoms with E-state index >= 15 is 0 Å². The number of anilines is 3. The van der Waals surface area contributed by atoms with Crippen molar-refractivity contribution >= 4 is 17.1 Å². The second-order valence-corrected chi connectivity index (χ2v) is 20.7. The Morgan fingerprint density at radius 3 is 1.65 bits per heavy atom. The molecule has 0 aliphatic heterocycles. The summed E-state index contributed by atoms with van der Waals surface area (Å²) in [5.41, 5.74) is 21.9. The summed E-state index contributed by atoms with van der Waals surface area (Å²) in [6, 6.07) is 46.6. The molecule has 3 aliphatic carbocycles. The smallest absolute Gasteiger partial charge is 0.0543 e. The van der Waals surface area contributed by atoms with E-state index in [2.05, 4.69) is 202 Å². The molecule has 0 N–H and O–H groups in total. The van der Waals surface area contributed by atoms with E-state index in [-0.39, 0.29) is 27.1 Å². The Balaban J connectivity index is 1.42. The van der Waals surface area contributed by atoms with Crippen LogP contribution in [0.5, 0.6) is 0 Å². The predicted octanol–water partition coefficient (Wildman–Crippen LogP) is 15.8. The SMILES string of the molecule is Cc1ccc2c(c1-c1cc3c(cc1N(c1ccc(-c4ccccc4)cc1)c1cccc4c1C(C)(C)CCC4(C)C)C(C)(C)c1ccccc1-3)C(C)(C)CCC2(C)C. The molecule has 3 aliphatic rings.